The minimum absolute atomic E-state index is 0.128. The Morgan fingerprint density at radius 3 is 1.42 bits per heavy atom. The standard InChI is InChI=1S/C58H43NO/c1-57(2)52-24-14-12-22-47(52)49-35-34-46(36-54(49)57)59(44-30-26-40(27-31-44)39-16-6-3-7-17-39)45-32-28-41(29-33-45)50-37-51-48-23-13-15-25-53(48)58(55(51)38-56(50)60,42-18-8-4-9-19-42)43-20-10-5-11-21-43/h3-38,60H,1-2H3. The summed E-state index contributed by atoms with van der Waals surface area (Å²) in [7, 11) is 0. The van der Waals surface area contributed by atoms with Crippen LogP contribution in [0.2, 0.25) is 0 Å². The average Bonchev–Trinajstić information content (AvgIpc) is 3.72. The number of phenols is 1. The van der Waals surface area contributed by atoms with Gasteiger partial charge in [-0.15, -0.1) is 0 Å². The van der Waals surface area contributed by atoms with E-state index in [2.05, 4.69) is 231 Å². The number of fused-ring (bicyclic) bond motifs is 6. The second-order valence-corrected chi connectivity index (χ2v) is 16.6. The molecule has 0 radical (unpaired) electrons. The van der Waals surface area contributed by atoms with Crippen LogP contribution in [0, 0.1) is 0 Å². The molecular weight excluding hydrogens is 727 g/mol. The first kappa shape index (κ1) is 35.7. The Labute approximate surface area is 352 Å². The van der Waals surface area contributed by atoms with Gasteiger partial charge >= 0.3 is 0 Å². The zero-order valence-electron chi connectivity index (χ0n) is 33.7. The van der Waals surface area contributed by atoms with Gasteiger partial charge in [0.2, 0.25) is 0 Å². The van der Waals surface area contributed by atoms with Gasteiger partial charge < -0.3 is 10.0 Å². The fourth-order valence-corrected chi connectivity index (χ4v) is 10.2. The summed E-state index contributed by atoms with van der Waals surface area (Å²) in [5.74, 6) is 0.263. The van der Waals surface area contributed by atoms with Crippen LogP contribution in [0.25, 0.3) is 44.5 Å². The third-order valence-electron chi connectivity index (χ3n) is 13.1. The van der Waals surface area contributed by atoms with E-state index in [4.69, 9.17) is 0 Å². The highest BCUT2D eigenvalue weighted by Crippen LogP contribution is 2.58. The maximum Gasteiger partial charge on any atom is 0.123 e. The summed E-state index contributed by atoms with van der Waals surface area (Å²) in [5.41, 5.74) is 18.9. The lowest BCUT2D eigenvalue weighted by Crippen LogP contribution is -2.28. The van der Waals surface area contributed by atoms with E-state index in [1.54, 1.807) is 0 Å². The van der Waals surface area contributed by atoms with E-state index in [1.165, 1.54) is 55.6 Å². The van der Waals surface area contributed by atoms with E-state index in [0.29, 0.717) is 0 Å². The molecule has 0 atom stereocenters. The number of nitrogens with zero attached hydrogens (tertiary/aromatic N) is 1. The number of benzene rings is 9. The predicted molar refractivity (Wildman–Crippen MR) is 249 cm³/mol. The number of rotatable bonds is 7. The van der Waals surface area contributed by atoms with Crippen molar-refractivity contribution in [2.75, 3.05) is 4.90 Å². The number of aromatic hydroxyl groups is 1. The average molecular weight is 770 g/mol. The van der Waals surface area contributed by atoms with Crippen LogP contribution in [-0.2, 0) is 10.8 Å². The minimum Gasteiger partial charge on any atom is -0.507 e. The summed E-state index contributed by atoms with van der Waals surface area (Å²) in [6.45, 7) is 4.67. The highest BCUT2D eigenvalue weighted by atomic mass is 16.3. The molecule has 2 aliphatic carbocycles. The van der Waals surface area contributed by atoms with Crippen LogP contribution in [0.15, 0.2) is 218 Å². The van der Waals surface area contributed by atoms with Gasteiger partial charge in [0.15, 0.2) is 0 Å². The molecule has 60 heavy (non-hydrogen) atoms. The van der Waals surface area contributed by atoms with Crippen molar-refractivity contribution < 1.29 is 5.11 Å². The maximum atomic E-state index is 12.1. The van der Waals surface area contributed by atoms with Crippen molar-refractivity contribution in [3.05, 3.63) is 252 Å². The molecule has 2 nitrogen and oxygen atoms in total. The minimum atomic E-state index is -0.573. The third-order valence-corrected chi connectivity index (χ3v) is 13.1. The van der Waals surface area contributed by atoms with E-state index in [0.717, 1.165) is 39.3 Å². The largest absolute Gasteiger partial charge is 0.507 e. The van der Waals surface area contributed by atoms with Gasteiger partial charge in [0.05, 0.1) is 5.41 Å². The first-order valence-corrected chi connectivity index (χ1v) is 20.8. The molecule has 0 saturated carbocycles. The normalized spacial score (nSPS) is 13.8. The van der Waals surface area contributed by atoms with Crippen molar-refractivity contribution >= 4 is 17.1 Å². The highest BCUT2D eigenvalue weighted by molar-refractivity contribution is 5.92. The topological polar surface area (TPSA) is 23.5 Å². The molecule has 2 heteroatoms. The molecule has 0 aliphatic heterocycles. The van der Waals surface area contributed by atoms with Crippen molar-refractivity contribution in [3.8, 4) is 50.3 Å². The van der Waals surface area contributed by atoms with Gasteiger partial charge in [-0.2, -0.15) is 0 Å². The van der Waals surface area contributed by atoms with E-state index in [1.807, 2.05) is 6.07 Å². The Kier molecular flexibility index (Phi) is 8.25. The molecule has 9 aromatic carbocycles. The summed E-state index contributed by atoms with van der Waals surface area (Å²) in [5, 5.41) is 12.1. The Bertz CT molecular complexity index is 3000. The molecule has 9 aromatic rings. The monoisotopic (exact) mass is 769 g/mol. The van der Waals surface area contributed by atoms with Crippen LogP contribution in [0.5, 0.6) is 5.75 Å². The fraction of sp³-hybridized carbons (Fsp3) is 0.0690. The van der Waals surface area contributed by atoms with Crippen LogP contribution in [0.4, 0.5) is 17.1 Å². The van der Waals surface area contributed by atoms with Crippen molar-refractivity contribution in [3.63, 3.8) is 0 Å². The molecule has 0 heterocycles. The van der Waals surface area contributed by atoms with Gasteiger partial charge in [0, 0.05) is 28.0 Å². The predicted octanol–water partition coefficient (Wildman–Crippen LogP) is 14.9. The number of phenolic OH excluding ortho intramolecular Hbond substituents is 1. The zero-order valence-corrected chi connectivity index (χ0v) is 33.7. The van der Waals surface area contributed by atoms with Crippen molar-refractivity contribution in [1.82, 2.24) is 0 Å². The van der Waals surface area contributed by atoms with Gasteiger partial charge in [0.25, 0.3) is 0 Å². The summed E-state index contributed by atoms with van der Waals surface area (Å²) in [6.07, 6.45) is 0. The van der Waals surface area contributed by atoms with Gasteiger partial charge in [0.1, 0.15) is 5.75 Å². The first-order valence-electron chi connectivity index (χ1n) is 20.8. The first-order chi connectivity index (χ1) is 29.4. The lowest BCUT2D eigenvalue weighted by Gasteiger charge is -2.34. The molecule has 0 unspecified atom stereocenters. The smallest absolute Gasteiger partial charge is 0.123 e. The molecule has 0 saturated heterocycles. The molecule has 11 rings (SSSR count). The Hall–Kier alpha value is -7.42. The Balaban J connectivity index is 1.03. The van der Waals surface area contributed by atoms with Crippen molar-refractivity contribution in [2.45, 2.75) is 24.7 Å². The lowest BCUT2D eigenvalue weighted by atomic mass is 9.67. The van der Waals surface area contributed by atoms with Crippen LogP contribution >= 0.6 is 0 Å². The summed E-state index contributed by atoms with van der Waals surface area (Å²) < 4.78 is 0. The second kappa shape index (κ2) is 13.9. The molecule has 1 N–H and O–H groups in total. The van der Waals surface area contributed by atoms with Crippen molar-refractivity contribution in [1.29, 1.82) is 0 Å². The molecular formula is C58H43NO. The van der Waals surface area contributed by atoms with E-state index in [9.17, 15) is 5.11 Å². The van der Waals surface area contributed by atoms with Gasteiger partial charge in [-0.1, -0.05) is 184 Å². The second-order valence-electron chi connectivity index (χ2n) is 16.6. The summed E-state index contributed by atoms with van der Waals surface area (Å²) in [6, 6.07) is 78.2. The van der Waals surface area contributed by atoms with Crippen LogP contribution in [-0.4, -0.2) is 5.11 Å². The Morgan fingerprint density at radius 2 is 0.800 bits per heavy atom. The third kappa shape index (κ3) is 5.41. The SMILES string of the molecule is CC1(C)c2ccccc2-c2ccc(N(c3ccc(-c4ccccc4)cc3)c3ccc(-c4cc5c(cc4O)C(c4ccccc4)(c4ccccc4)c4ccccc4-5)cc3)cc21. The highest BCUT2D eigenvalue weighted by Gasteiger charge is 2.46. The number of anilines is 3. The molecule has 286 valence electrons. The molecule has 0 spiro atoms. The Morgan fingerprint density at radius 1 is 0.333 bits per heavy atom. The number of hydrogen-bond donors (Lipinski definition) is 1. The molecule has 0 amide bonds. The van der Waals surface area contributed by atoms with Crippen LogP contribution in [0.1, 0.15) is 47.2 Å². The van der Waals surface area contributed by atoms with E-state index < -0.39 is 5.41 Å². The van der Waals surface area contributed by atoms with Gasteiger partial charge in [-0.25, -0.2) is 0 Å². The molecule has 0 bridgehead atoms. The quantitative estimate of drug-likeness (QED) is 0.174. The molecule has 0 fully saturated rings. The molecule has 2 aliphatic rings. The zero-order chi connectivity index (χ0) is 40.4. The van der Waals surface area contributed by atoms with Crippen LogP contribution in [0.3, 0.4) is 0 Å². The van der Waals surface area contributed by atoms with Crippen molar-refractivity contribution in [2.24, 2.45) is 0 Å². The van der Waals surface area contributed by atoms with E-state index >= 15 is 0 Å². The number of hydrogen-bond acceptors (Lipinski definition) is 2. The van der Waals surface area contributed by atoms with Gasteiger partial charge in [-0.3, -0.25) is 0 Å². The summed E-state index contributed by atoms with van der Waals surface area (Å²) >= 11 is 0. The van der Waals surface area contributed by atoms with Gasteiger partial charge in [-0.05, 0) is 121 Å². The fourth-order valence-electron chi connectivity index (χ4n) is 10.2. The van der Waals surface area contributed by atoms with E-state index in [-0.39, 0.29) is 11.2 Å². The molecule has 0 aromatic heterocycles. The van der Waals surface area contributed by atoms with Crippen LogP contribution < -0.4 is 4.90 Å². The maximum absolute atomic E-state index is 12.1. The summed E-state index contributed by atoms with van der Waals surface area (Å²) in [4.78, 5) is 2.35. The lowest BCUT2D eigenvalue weighted by molar-refractivity contribution is 0.476.